The highest BCUT2D eigenvalue weighted by Gasteiger charge is 2.28. The van der Waals surface area contributed by atoms with Crippen molar-refractivity contribution in [3.05, 3.63) is 23.7 Å². The number of rotatable bonds is 3. The first-order valence-electron chi connectivity index (χ1n) is 5.95. The van der Waals surface area contributed by atoms with Gasteiger partial charge in [0.1, 0.15) is 5.82 Å². The molecule has 0 saturated heterocycles. The van der Waals surface area contributed by atoms with E-state index in [0.29, 0.717) is 11.6 Å². The van der Waals surface area contributed by atoms with E-state index in [2.05, 4.69) is 15.0 Å². The highest BCUT2D eigenvalue weighted by atomic mass is 16.3. The van der Waals surface area contributed by atoms with Crippen LogP contribution >= 0.6 is 0 Å². The van der Waals surface area contributed by atoms with E-state index in [0.717, 1.165) is 16.9 Å². The Balaban J connectivity index is 2.10. The fourth-order valence-corrected chi connectivity index (χ4v) is 2.03. The number of aliphatic hydroxyl groups is 1. The number of nitrogens with one attached hydrogen (secondary N) is 1. The van der Waals surface area contributed by atoms with Crippen LogP contribution < -0.4 is 5.73 Å². The van der Waals surface area contributed by atoms with Crippen molar-refractivity contribution in [2.45, 2.75) is 37.8 Å². The molecule has 1 fully saturated rings. The Hall–Kier alpha value is -1.46. The van der Waals surface area contributed by atoms with Crippen molar-refractivity contribution in [2.75, 3.05) is 0 Å². The topological polar surface area (TPSA) is 87.8 Å². The monoisotopic (exact) mass is 232 g/mol. The molecule has 4 N–H and O–H groups in total. The fraction of sp³-hybridized carbons (Fsp3) is 0.500. The molecule has 0 amide bonds. The van der Waals surface area contributed by atoms with Gasteiger partial charge < -0.3 is 15.8 Å². The number of nitrogens with zero attached hydrogens (tertiary/aromatic N) is 2. The molecule has 0 spiro atoms. The molecule has 3 rings (SSSR count). The number of H-pyrrole nitrogens is 1. The standard InChI is InChI=1S/C12H16N4O/c1-6(13)10(17)8-4-5-14-12-9(8)15-11(16-12)7-2-3-7/h4-7,10,17H,2-3,13H2,1H3,(H,14,15,16). The van der Waals surface area contributed by atoms with Crippen LogP contribution in [0.15, 0.2) is 12.3 Å². The zero-order valence-corrected chi connectivity index (χ0v) is 9.72. The Bertz CT molecular complexity index is 544. The lowest BCUT2D eigenvalue weighted by Crippen LogP contribution is -2.24. The second-order valence-corrected chi connectivity index (χ2v) is 4.80. The van der Waals surface area contributed by atoms with Crippen LogP contribution in [-0.2, 0) is 0 Å². The summed E-state index contributed by atoms with van der Waals surface area (Å²) in [7, 11) is 0. The molecule has 0 aromatic carbocycles. The Morgan fingerprint density at radius 3 is 2.94 bits per heavy atom. The minimum absolute atomic E-state index is 0.312. The number of pyridine rings is 1. The van der Waals surface area contributed by atoms with Crippen molar-refractivity contribution >= 4 is 11.2 Å². The molecule has 1 aliphatic carbocycles. The smallest absolute Gasteiger partial charge is 0.178 e. The van der Waals surface area contributed by atoms with Crippen LogP contribution in [0.1, 0.15) is 43.2 Å². The maximum absolute atomic E-state index is 10.1. The van der Waals surface area contributed by atoms with Gasteiger partial charge >= 0.3 is 0 Å². The van der Waals surface area contributed by atoms with Crippen LogP contribution in [0.3, 0.4) is 0 Å². The largest absolute Gasteiger partial charge is 0.387 e. The van der Waals surface area contributed by atoms with Gasteiger partial charge in [0, 0.05) is 23.7 Å². The average Bonchev–Trinajstić information content (AvgIpc) is 3.07. The highest BCUT2D eigenvalue weighted by molar-refractivity contribution is 5.75. The number of aromatic amines is 1. The molecule has 2 atom stereocenters. The second-order valence-electron chi connectivity index (χ2n) is 4.80. The number of imidazole rings is 1. The Morgan fingerprint density at radius 1 is 1.53 bits per heavy atom. The summed E-state index contributed by atoms with van der Waals surface area (Å²) in [5.41, 5.74) is 8.00. The zero-order valence-electron chi connectivity index (χ0n) is 9.72. The summed E-state index contributed by atoms with van der Waals surface area (Å²) in [6.07, 6.45) is 3.35. The summed E-state index contributed by atoms with van der Waals surface area (Å²) in [4.78, 5) is 12.0. The van der Waals surface area contributed by atoms with E-state index in [-0.39, 0.29) is 6.04 Å². The number of hydrogen-bond acceptors (Lipinski definition) is 4. The molecule has 2 aromatic rings. The van der Waals surface area contributed by atoms with E-state index in [1.165, 1.54) is 12.8 Å². The Kier molecular flexibility index (Phi) is 2.38. The molecule has 1 aliphatic rings. The molecule has 90 valence electrons. The molecule has 0 radical (unpaired) electrons. The van der Waals surface area contributed by atoms with Gasteiger partial charge in [-0.2, -0.15) is 0 Å². The Morgan fingerprint density at radius 2 is 2.29 bits per heavy atom. The van der Waals surface area contributed by atoms with Crippen LogP contribution in [-0.4, -0.2) is 26.1 Å². The van der Waals surface area contributed by atoms with Crippen molar-refractivity contribution in [1.82, 2.24) is 15.0 Å². The van der Waals surface area contributed by atoms with Crippen LogP contribution in [0, 0.1) is 0 Å². The van der Waals surface area contributed by atoms with Gasteiger partial charge in [-0.25, -0.2) is 9.97 Å². The normalized spacial score (nSPS) is 19.5. The number of fused-ring (bicyclic) bond motifs is 1. The summed E-state index contributed by atoms with van der Waals surface area (Å²) in [5.74, 6) is 1.53. The molecule has 17 heavy (non-hydrogen) atoms. The summed E-state index contributed by atoms with van der Waals surface area (Å²) >= 11 is 0. The molecule has 1 saturated carbocycles. The van der Waals surface area contributed by atoms with E-state index in [4.69, 9.17) is 5.73 Å². The SMILES string of the molecule is CC(N)C(O)c1ccnc2nc(C3CC3)[nH]c12. The van der Waals surface area contributed by atoms with Crippen molar-refractivity contribution in [2.24, 2.45) is 5.73 Å². The zero-order chi connectivity index (χ0) is 12.0. The second kappa shape index (κ2) is 3.78. The van der Waals surface area contributed by atoms with Crippen LogP contribution in [0.25, 0.3) is 11.2 Å². The van der Waals surface area contributed by atoms with E-state index in [1.807, 2.05) is 0 Å². The molecule has 0 aliphatic heterocycles. The summed E-state index contributed by atoms with van der Waals surface area (Å²) in [5, 5.41) is 10.1. The maximum Gasteiger partial charge on any atom is 0.178 e. The van der Waals surface area contributed by atoms with E-state index >= 15 is 0 Å². The third-order valence-corrected chi connectivity index (χ3v) is 3.22. The lowest BCUT2D eigenvalue weighted by molar-refractivity contribution is 0.154. The van der Waals surface area contributed by atoms with Crippen molar-refractivity contribution in [3.8, 4) is 0 Å². The van der Waals surface area contributed by atoms with Crippen molar-refractivity contribution in [3.63, 3.8) is 0 Å². The number of hydrogen-bond donors (Lipinski definition) is 3. The predicted molar refractivity (Wildman–Crippen MR) is 64.5 cm³/mol. The first-order chi connectivity index (χ1) is 8.16. The molecule has 2 aromatic heterocycles. The molecule has 0 bridgehead atoms. The maximum atomic E-state index is 10.1. The molecule has 5 heteroatoms. The average molecular weight is 232 g/mol. The summed E-state index contributed by atoms with van der Waals surface area (Å²) in [6, 6.07) is 1.49. The fourth-order valence-electron chi connectivity index (χ4n) is 2.03. The highest BCUT2D eigenvalue weighted by Crippen LogP contribution is 2.39. The van der Waals surface area contributed by atoms with E-state index in [9.17, 15) is 5.11 Å². The minimum Gasteiger partial charge on any atom is -0.387 e. The van der Waals surface area contributed by atoms with Gasteiger partial charge in [-0.05, 0) is 25.8 Å². The van der Waals surface area contributed by atoms with E-state index in [1.54, 1.807) is 19.2 Å². The number of nitrogens with two attached hydrogens (primary N) is 1. The van der Waals surface area contributed by atoms with Crippen LogP contribution in [0.2, 0.25) is 0 Å². The molecular formula is C12H16N4O. The molecule has 2 unspecified atom stereocenters. The molecular weight excluding hydrogens is 216 g/mol. The molecule has 2 heterocycles. The lowest BCUT2D eigenvalue weighted by Gasteiger charge is -2.14. The predicted octanol–water partition coefficient (Wildman–Crippen LogP) is 1.22. The number of aliphatic hydroxyl groups excluding tert-OH is 1. The first kappa shape index (κ1) is 10.7. The van der Waals surface area contributed by atoms with Gasteiger partial charge in [0.05, 0.1) is 11.6 Å². The first-order valence-corrected chi connectivity index (χ1v) is 5.95. The van der Waals surface area contributed by atoms with Crippen LogP contribution in [0.5, 0.6) is 0 Å². The number of aromatic nitrogens is 3. The quantitative estimate of drug-likeness (QED) is 0.742. The minimum atomic E-state index is -0.687. The van der Waals surface area contributed by atoms with Gasteiger partial charge in [0.2, 0.25) is 0 Å². The lowest BCUT2D eigenvalue weighted by atomic mass is 10.0. The van der Waals surface area contributed by atoms with Crippen LogP contribution in [0.4, 0.5) is 0 Å². The molecule has 5 nitrogen and oxygen atoms in total. The van der Waals surface area contributed by atoms with Gasteiger partial charge in [-0.15, -0.1) is 0 Å². The van der Waals surface area contributed by atoms with Gasteiger partial charge in [0.25, 0.3) is 0 Å². The third kappa shape index (κ3) is 1.81. The summed E-state index contributed by atoms with van der Waals surface area (Å²) < 4.78 is 0. The van der Waals surface area contributed by atoms with Crippen molar-refractivity contribution in [1.29, 1.82) is 0 Å². The van der Waals surface area contributed by atoms with Gasteiger partial charge in [-0.3, -0.25) is 0 Å². The van der Waals surface area contributed by atoms with Gasteiger partial charge in [-0.1, -0.05) is 0 Å². The summed E-state index contributed by atoms with van der Waals surface area (Å²) in [6.45, 7) is 1.79. The van der Waals surface area contributed by atoms with Gasteiger partial charge in [0.15, 0.2) is 5.65 Å². The third-order valence-electron chi connectivity index (χ3n) is 3.22. The van der Waals surface area contributed by atoms with E-state index < -0.39 is 6.10 Å². The Labute approximate surface area is 99.1 Å². The van der Waals surface area contributed by atoms with Crippen molar-refractivity contribution < 1.29 is 5.11 Å².